The third-order valence-electron chi connectivity index (χ3n) is 4.71. The molecule has 0 bridgehead atoms. The van der Waals surface area contributed by atoms with Crippen molar-refractivity contribution >= 4 is 0 Å². The average molecular weight is 336 g/mol. The highest BCUT2D eigenvalue weighted by molar-refractivity contribution is 5.46. The van der Waals surface area contributed by atoms with E-state index in [2.05, 4.69) is 12.1 Å². The summed E-state index contributed by atoms with van der Waals surface area (Å²) in [5, 5.41) is 9.49. The Hall–Kier alpha value is -1.10. The van der Waals surface area contributed by atoms with E-state index in [1.165, 1.54) is 37.7 Å². The maximum Gasteiger partial charge on any atom is 0.196 e. The van der Waals surface area contributed by atoms with Gasteiger partial charge in [-0.1, -0.05) is 25.3 Å². The lowest BCUT2D eigenvalue weighted by molar-refractivity contribution is -0.0628. The topological polar surface area (TPSA) is 47.9 Å². The molecule has 24 heavy (non-hydrogen) atoms. The molecule has 1 aromatic rings. The van der Waals surface area contributed by atoms with Gasteiger partial charge >= 0.3 is 0 Å². The first-order valence-electron chi connectivity index (χ1n) is 9.23. The highest BCUT2D eigenvalue weighted by Gasteiger charge is 2.21. The van der Waals surface area contributed by atoms with Gasteiger partial charge in [-0.3, -0.25) is 0 Å². The molecule has 0 heterocycles. The van der Waals surface area contributed by atoms with Gasteiger partial charge < -0.3 is 19.3 Å². The molecule has 4 heteroatoms. The van der Waals surface area contributed by atoms with Crippen molar-refractivity contribution in [3.05, 3.63) is 28.8 Å². The largest absolute Gasteiger partial charge is 0.465 e. The van der Waals surface area contributed by atoms with Gasteiger partial charge in [0.15, 0.2) is 6.29 Å². The van der Waals surface area contributed by atoms with Crippen molar-refractivity contribution in [2.75, 3.05) is 20.3 Å². The molecule has 1 aromatic carbocycles. The minimum Gasteiger partial charge on any atom is -0.465 e. The number of ether oxygens (including phenoxy) is 3. The van der Waals surface area contributed by atoms with E-state index in [9.17, 15) is 5.11 Å². The molecule has 1 N–H and O–H groups in total. The lowest BCUT2D eigenvalue weighted by Crippen LogP contribution is -2.19. The number of hydrogen-bond donors (Lipinski definition) is 1. The molecule has 0 amide bonds. The number of benzene rings is 1. The number of hydrogen-bond acceptors (Lipinski definition) is 4. The van der Waals surface area contributed by atoms with E-state index in [-0.39, 0.29) is 12.9 Å². The van der Waals surface area contributed by atoms with E-state index < -0.39 is 0 Å². The Bertz CT molecular complexity index is 467. The van der Waals surface area contributed by atoms with Crippen molar-refractivity contribution in [2.24, 2.45) is 0 Å². The number of rotatable bonds is 9. The summed E-state index contributed by atoms with van der Waals surface area (Å²) in [6, 6.07) is 4.45. The minimum absolute atomic E-state index is 0.111. The fourth-order valence-electron chi connectivity index (χ4n) is 3.61. The van der Waals surface area contributed by atoms with Gasteiger partial charge in [-0.2, -0.15) is 0 Å². The molecule has 1 aliphatic rings. The third-order valence-corrected chi connectivity index (χ3v) is 4.71. The zero-order valence-corrected chi connectivity index (χ0v) is 15.3. The molecule has 0 aromatic heterocycles. The fourth-order valence-corrected chi connectivity index (χ4v) is 3.61. The van der Waals surface area contributed by atoms with Crippen molar-refractivity contribution in [3.8, 4) is 5.75 Å². The van der Waals surface area contributed by atoms with E-state index in [1.54, 1.807) is 7.11 Å². The summed E-state index contributed by atoms with van der Waals surface area (Å²) in [6.45, 7) is 5.08. The normalized spacial score (nSPS) is 17.0. The molecule has 1 atom stereocenters. The maximum absolute atomic E-state index is 9.49. The van der Waals surface area contributed by atoms with Crippen LogP contribution in [0.15, 0.2) is 12.1 Å². The molecule has 1 saturated carbocycles. The highest BCUT2D eigenvalue weighted by Crippen LogP contribution is 2.37. The lowest BCUT2D eigenvalue weighted by atomic mass is 9.82. The second-order valence-electron chi connectivity index (χ2n) is 6.55. The Labute approximate surface area is 146 Å². The number of aliphatic hydroxyl groups is 1. The van der Waals surface area contributed by atoms with Crippen LogP contribution in [0.1, 0.15) is 68.6 Å². The van der Waals surface area contributed by atoms with Gasteiger partial charge in [0.05, 0.1) is 6.61 Å². The first kappa shape index (κ1) is 19.2. The van der Waals surface area contributed by atoms with Gasteiger partial charge in [-0.25, -0.2) is 0 Å². The van der Waals surface area contributed by atoms with Crippen LogP contribution in [0.5, 0.6) is 5.75 Å². The third kappa shape index (κ3) is 5.20. The molecule has 1 fully saturated rings. The van der Waals surface area contributed by atoms with E-state index in [1.807, 2.05) is 13.8 Å². The second kappa shape index (κ2) is 10.0. The van der Waals surface area contributed by atoms with Crippen LogP contribution >= 0.6 is 0 Å². The zero-order chi connectivity index (χ0) is 17.4. The van der Waals surface area contributed by atoms with Crippen LogP contribution in [0.2, 0.25) is 0 Å². The van der Waals surface area contributed by atoms with Gasteiger partial charge in [0.1, 0.15) is 5.75 Å². The van der Waals surface area contributed by atoms with Crippen molar-refractivity contribution in [2.45, 2.75) is 71.2 Å². The summed E-state index contributed by atoms with van der Waals surface area (Å²) >= 11 is 0. The van der Waals surface area contributed by atoms with Gasteiger partial charge in [-0.05, 0) is 56.2 Å². The Kier molecular flexibility index (Phi) is 8.03. The molecular weight excluding hydrogens is 304 g/mol. The van der Waals surface area contributed by atoms with Gasteiger partial charge in [-0.15, -0.1) is 0 Å². The van der Waals surface area contributed by atoms with Crippen molar-refractivity contribution in [3.63, 3.8) is 0 Å². The Morgan fingerprint density at radius 3 is 2.50 bits per heavy atom. The van der Waals surface area contributed by atoms with Crippen LogP contribution in [0.4, 0.5) is 0 Å². The molecule has 2 rings (SSSR count). The van der Waals surface area contributed by atoms with Crippen LogP contribution in [-0.4, -0.2) is 31.7 Å². The molecule has 136 valence electrons. The summed E-state index contributed by atoms with van der Waals surface area (Å²) in [5.41, 5.74) is 3.47. The first-order chi connectivity index (χ1) is 11.7. The summed E-state index contributed by atoms with van der Waals surface area (Å²) < 4.78 is 17.0. The minimum atomic E-state index is -0.316. The predicted molar refractivity (Wildman–Crippen MR) is 95.5 cm³/mol. The van der Waals surface area contributed by atoms with Crippen LogP contribution in [0.3, 0.4) is 0 Å². The molecule has 0 aliphatic heterocycles. The smallest absolute Gasteiger partial charge is 0.196 e. The summed E-state index contributed by atoms with van der Waals surface area (Å²) in [6.07, 6.45) is 6.73. The van der Waals surface area contributed by atoms with Gasteiger partial charge in [0.2, 0.25) is 0 Å². The number of methoxy groups -OCH3 is 1. The quantitative estimate of drug-likeness (QED) is 0.687. The lowest BCUT2D eigenvalue weighted by Gasteiger charge is -2.26. The van der Waals surface area contributed by atoms with E-state index in [0.717, 1.165) is 16.9 Å². The van der Waals surface area contributed by atoms with Crippen LogP contribution in [0.25, 0.3) is 0 Å². The van der Waals surface area contributed by atoms with E-state index >= 15 is 0 Å². The molecule has 0 radical (unpaired) electrons. The molecule has 0 spiro atoms. The van der Waals surface area contributed by atoms with Crippen LogP contribution in [0, 0.1) is 0 Å². The SMILES string of the molecule is CCOC(C)Oc1c(CCO)cc(C2CCCCC2)cc1COC. The first-order valence-corrected chi connectivity index (χ1v) is 9.23. The molecule has 0 saturated heterocycles. The Morgan fingerprint density at radius 1 is 1.17 bits per heavy atom. The fraction of sp³-hybridized carbons (Fsp3) is 0.700. The average Bonchev–Trinajstić information content (AvgIpc) is 2.59. The number of aliphatic hydroxyl groups excluding tert-OH is 1. The molecular formula is C20H32O4. The molecule has 1 unspecified atom stereocenters. The van der Waals surface area contributed by atoms with Crippen LogP contribution in [-0.2, 0) is 22.5 Å². The summed E-state index contributed by atoms with van der Waals surface area (Å²) in [7, 11) is 1.70. The van der Waals surface area contributed by atoms with E-state index in [4.69, 9.17) is 14.2 Å². The second-order valence-corrected chi connectivity index (χ2v) is 6.55. The molecule has 4 nitrogen and oxygen atoms in total. The van der Waals surface area contributed by atoms with Crippen molar-refractivity contribution < 1.29 is 19.3 Å². The monoisotopic (exact) mass is 336 g/mol. The van der Waals surface area contributed by atoms with Crippen molar-refractivity contribution in [1.29, 1.82) is 0 Å². The summed E-state index contributed by atoms with van der Waals surface area (Å²) in [5.74, 6) is 1.43. The maximum atomic E-state index is 9.49. The van der Waals surface area contributed by atoms with Crippen molar-refractivity contribution in [1.82, 2.24) is 0 Å². The highest BCUT2D eigenvalue weighted by atomic mass is 16.7. The summed E-state index contributed by atoms with van der Waals surface area (Å²) in [4.78, 5) is 0. The van der Waals surface area contributed by atoms with E-state index in [0.29, 0.717) is 25.6 Å². The van der Waals surface area contributed by atoms with Crippen LogP contribution < -0.4 is 4.74 Å². The predicted octanol–water partition coefficient (Wildman–Crippen LogP) is 4.18. The standard InChI is InChI=1S/C20H32O4/c1-4-23-15(2)24-20-17(10-11-21)12-18(13-19(20)14-22-3)16-8-6-5-7-9-16/h12-13,15-16,21H,4-11,14H2,1-3H3. The molecule has 1 aliphatic carbocycles. The Morgan fingerprint density at radius 2 is 1.88 bits per heavy atom. The van der Waals surface area contributed by atoms with Gasteiger partial charge in [0.25, 0.3) is 0 Å². The zero-order valence-electron chi connectivity index (χ0n) is 15.3. The Balaban J connectivity index is 2.34. The van der Waals surface area contributed by atoms with Gasteiger partial charge in [0, 0.05) is 25.9 Å².